The number of aryl methyl sites for hydroxylation is 1. The average Bonchev–Trinajstić information content (AvgIpc) is 2.77. The molecule has 1 fully saturated rings. The van der Waals surface area contributed by atoms with Crippen LogP contribution in [0.15, 0.2) is 24.4 Å². The van der Waals surface area contributed by atoms with E-state index >= 15 is 0 Å². The van der Waals surface area contributed by atoms with Crippen molar-refractivity contribution in [3.63, 3.8) is 0 Å². The molecule has 4 nitrogen and oxygen atoms in total. The van der Waals surface area contributed by atoms with E-state index in [1.54, 1.807) is 0 Å². The standard InChI is InChI=1S/C14H17N3O/c1-11-15-13(12-7-3-6-10-17(11)12)14(18)16-8-4-2-5-9-16/h3,6-7,10H,2,4-5,8-9H2,1H3. The predicted molar refractivity (Wildman–Crippen MR) is 69.7 cm³/mol. The van der Waals surface area contributed by atoms with Crippen molar-refractivity contribution in [2.45, 2.75) is 26.2 Å². The van der Waals surface area contributed by atoms with E-state index in [-0.39, 0.29) is 5.91 Å². The van der Waals surface area contributed by atoms with Crippen LogP contribution in [0, 0.1) is 6.92 Å². The van der Waals surface area contributed by atoms with Crippen LogP contribution >= 0.6 is 0 Å². The van der Waals surface area contributed by atoms with Crippen molar-refractivity contribution >= 4 is 11.4 Å². The molecule has 3 heterocycles. The minimum Gasteiger partial charge on any atom is -0.337 e. The minimum atomic E-state index is 0.0755. The summed E-state index contributed by atoms with van der Waals surface area (Å²) in [6.07, 6.45) is 5.39. The molecule has 2 aromatic heterocycles. The third-order valence-corrected chi connectivity index (χ3v) is 3.57. The summed E-state index contributed by atoms with van der Waals surface area (Å²) in [7, 11) is 0. The fourth-order valence-electron chi connectivity index (χ4n) is 2.60. The lowest BCUT2D eigenvalue weighted by atomic mass is 10.1. The van der Waals surface area contributed by atoms with E-state index < -0.39 is 0 Å². The van der Waals surface area contributed by atoms with Crippen molar-refractivity contribution in [3.05, 3.63) is 35.9 Å². The first kappa shape index (κ1) is 11.3. The van der Waals surface area contributed by atoms with E-state index in [9.17, 15) is 4.79 Å². The number of nitrogens with zero attached hydrogens (tertiary/aromatic N) is 3. The van der Waals surface area contributed by atoms with Crippen molar-refractivity contribution < 1.29 is 4.79 Å². The number of piperidine rings is 1. The van der Waals surface area contributed by atoms with Gasteiger partial charge in [-0.3, -0.25) is 4.79 Å². The summed E-state index contributed by atoms with van der Waals surface area (Å²) in [4.78, 5) is 18.8. The number of amides is 1. The maximum atomic E-state index is 12.5. The van der Waals surface area contributed by atoms with Crippen LogP contribution in [-0.4, -0.2) is 33.3 Å². The number of hydrogen-bond donors (Lipinski definition) is 0. The van der Waals surface area contributed by atoms with Gasteiger partial charge in [0.2, 0.25) is 0 Å². The van der Waals surface area contributed by atoms with Gasteiger partial charge in [0.25, 0.3) is 5.91 Å². The van der Waals surface area contributed by atoms with E-state index in [4.69, 9.17) is 0 Å². The van der Waals surface area contributed by atoms with E-state index in [1.807, 2.05) is 40.6 Å². The average molecular weight is 243 g/mol. The lowest BCUT2D eigenvalue weighted by molar-refractivity contribution is 0.0721. The Bertz CT molecular complexity index is 582. The number of hydrogen-bond acceptors (Lipinski definition) is 2. The molecule has 0 unspecified atom stereocenters. The van der Waals surface area contributed by atoms with Crippen molar-refractivity contribution in [3.8, 4) is 0 Å². The maximum absolute atomic E-state index is 12.5. The summed E-state index contributed by atoms with van der Waals surface area (Å²) >= 11 is 0. The first-order chi connectivity index (χ1) is 8.77. The van der Waals surface area contributed by atoms with Crippen LogP contribution in [-0.2, 0) is 0 Å². The Labute approximate surface area is 106 Å². The zero-order valence-corrected chi connectivity index (χ0v) is 10.6. The van der Waals surface area contributed by atoms with Crippen molar-refractivity contribution in [1.82, 2.24) is 14.3 Å². The zero-order valence-electron chi connectivity index (χ0n) is 10.6. The molecule has 18 heavy (non-hydrogen) atoms. The Balaban J connectivity index is 2.00. The molecular formula is C14H17N3O. The molecule has 0 saturated carbocycles. The summed E-state index contributed by atoms with van der Waals surface area (Å²) in [6.45, 7) is 3.66. The molecule has 0 aliphatic carbocycles. The van der Waals surface area contributed by atoms with Gasteiger partial charge in [0, 0.05) is 19.3 Å². The minimum absolute atomic E-state index is 0.0755. The Morgan fingerprint density at radius 3 is 2.78 bits per heavy atom. The molecule has 0 atom stereocenters. The van der Waals surface area contributed by atoms with Crippen LogP contribution in [0.5, 0.6) is 0 Å². The second-order valence-corrected chi connectivity index (χ2v) is 4.82. The smallest absolute Gasteiger partial charge is 0.274 e. The van der Waals surface area contributed by atoms with Crippen LogP contribution in [0.4, 0.5) is 0 Å². The molecule has 0 aromatic carbocycles. The van der Waals surface area contributed by atoms with Gasteiger partial charge < -0.3 is 9.30 Å². The molecule has 1 aliphatic rings. The number of fused-ring (bicyclic) bond motifs is 1. The lowest BCUT2D eigenvalue weighted by Gasteiger charge is -2.25. The molecule has 4 heteroatoms. The molecule has 94 valence electrons. The van der Waals surface area contributed by atoms with Gasteiger partial charge in [0.05, 0.1) is 5.52 Å². The summed E-state index contributed by atoms with van der Waals surface area (Å²) in [5.74, 6) is 0.942. The zero-order chi connectivity index (χ0) is 12.5. The van der Waals surface area contributed by atoms with Crippen LogP contribution in [0.25, 0.3) is 5.52 Å². The number of aromatic nitrogens is 2. The van der Waals surface area contributed by atoms with Gasteiger partial charge in [-0.15, -0.1) is 0 Å². The van der Waals surface area contributed by atoms with Crippen LogP contribution in [0.3, 0.4) is 0 Å². The van der Waals surface area contributed by atoms with Gasteiger partial charge in [0.15, 0.2) is 5.69 Å². The van der Waals surface area contributed by atoms with Gasteiger partial charge in [-0.25, -0.2) is 4.98 Å². The highest BCUT2D eigenvalue weighted by atomic mass is 16.2. The normalized spacial score (nSPS) is 16.2. The number of likely N-dealkylation sites (tertiary alicyclic amines) is 1. The van der Waals surface area contributed by atoms with Crippen LogP contribution in [0.2, 0.25) is 0 Å². The molecule has 0 N–H and O–H groups in total. The van der Waals surface area contributed by atoms with Gasteiger partial charge in [-0.2, -0.15) is 0 Å². The van der Waals surface area contributed by atoms with Gasteiger partial charge in [-0.1, -0.05) is 6.07 Å². The first-order valence-electron chi connectivity index (χ1n) is 6.50. The van der Waals surface area contributed by atoms with Gasteiger partial charge in [-0.05, 0) is 38.3 Å². The number of rotatable bonds is 1. The van der Waals surface area contributed by atoms with Crippen molar-refractivity contribution in [1.29, 1.82) is 0 Å². The third-order valence-electron chi connectivity index (χ3n) is 3.57. The highest BCUT2D eigenvalue weighted by Gasteiger charge is 2.22. The molecule has 0 spiro atoms. The van der Waals surface area contributed by atoms with E-state index in [2.05, 4.69) is 4.98 Å². The molecule has 1 saturated heterocycles. The lowest BCUT2D eigenvalue weighted by Crippen LogP contribution is -2.35. The number of imidazole rings is 1. The molecular weight excluding hydrogens is 226 g/mol. The highest BCUT2D eigenvalue weighted by Crippen LogP contribution is 2.17. The van der Waals surface area contributed by atoms with Gasteiger partial charge >= 0.3 is 0 Å². The summed E-state index contributed by atoms with van der Waals surface area (Å²) in [5, 5.41) is 0. The number of carbonyl (C=O) groups excluding carboxylic acids is 1. The summed E-state index contributed by atoms with van der Waals surface area (Å²) < 4.78 is 1.97. The molecule has 2 aromatic rings. The Morgan fingerprint density at radius 2 is 2.00 bits per heavy atom. The van der Waals surface area contributed by atoms with E-state index in [0.29, 0.717) is 5.69 Å². The molecule has 0 radical (unpaired) electrons. The van der Waals surface area contributed by atoms with Crippen LogP contribution < -0.4 is 0 Å². The second-order valence-electron chi connectivity index (χ2n) is 4.82. The van der Waals surface area contributed by atoms with Crippen molar-refractivity contribution in [2.24, 2.45) is 0 Å². The fourth-order valence-corrected chi connectivity index (χ4v) is 2.60. The predicted octanol–water partition coefficient (Wildman–Crippen LogP) is 2.27. The number of pyridine rings is 1. The summed E-state index contributed by atoms with van der Waals surface area (Å²) in [6, 6.07) is 5.86. The third kappa shape index (κ3) is 1.78. The topological polar surface area (TPSA) is 37.6 Å². The second kappa shape index (κ2) is 4.44. The Kier molecular flexibility index (Phi) is 2.78. The molecule has 1 amide bonds. The molecule has 0 bridgehead atoms. The Hall–Kier alpha value is -1.84. The molecule has 3 rings (SSSR count). The summed E-state index contributed by atoms with van der Waals surface area (Å²) in [5.41, 5.74) is 1.50. The molecule has 1 aliphatic heterocycles. The Morgan fingerprint density at radius 1 is 1.22 bits per heavy atom. The first-order valence-corrected chi connectivity index (χ1v) is 6.50. The van der Waals surface area contributed by atoms with E-state index in [0.717, 1.165) is 37.3 Å². The fraction of sp³-hybridized carbons (Fsp3) is 0.429. The van der Waals surface area contributed by atoms with Gasteiger partial charge in [0.1, 0.15) is 5.82 Å². The monoisotopic (exact) mass is 243 g/mol. The largest absolute Gasteiger partial charge is 0.337 e. The maximum Gasteiger partial charge on any atom is 0.274 e. The SMILES string of the molecule is Cc1nc(C(=O)N2CCCCC2)c2ccccn12. The van der Waals surface area contributed by atoms with Crippen LogP contribution in [0.1, 0.15) is 35.6 Å². The quantitative estimate of drug-likeness (QED) is 0.770. The number of carbonyl (C=O) groups is 1. The van der Waals surface area contributed by atoms with Crippen molar-refractivity contribution in [2.75, 3.05) is 13.1 Å². The highest BCUT2D eigenvalue weighted by molar-refractivity contribution is 5.99. The van der Waals surface area contributed by atoms with E-state index in [1.165, 1.54) is 6.42 Å².